The summed E-state index contributed by atoms with van der Waals surface area (Å²) in [5, 5.41) is 2.79. The largest absolute Gasteiger partial charge is 0.484 e. The Morgan fingerprint density at radius 1 is 1.28 bits per heavy atom. The Bertz CT molecular complexity index is 595. The number of nitrogens with two attached hydrogens (primary N) is 1. The number of benzene rings is 1. The van der Waals surface area contributed by atoms with Crippen LogP contribution in [0.2, 0.25) is 0 Å². The van der Waals surface area contributed by atoms with Gasteiger partial charge in [0.25, 0.3) is 5.91 Å². The molecule has 1 saturated heterocycles. The predicted molar refractivity (Wildman–Crippen MR) is 101 cm³/mol. The zero-order chi connectivity index (χ0) is 17.7. The molecule has 140 valence electrons. The van der Waals surface area contributed by atoms with Crippen molar-refractivity contribution in [3.05, 3.63) is 24.3 Å². The average Bonchev–Trinajstić information content (AvgIpc) is 3.05. The van der Waals surface area contributed by atoms with Gasteiger partial charge in [0.2, 0.25) is 5.91 Å². The van der Waals surface area contributed by atoms with Crippen LogP contribution in [0.3, 0.4) is 0 Å². The van der Waals surface area contributed by atoms with E-state index < -0.39 is 6.04 Å². The van der Waals surface area contributed by atoms with Gasteiger partial charge in [-0.1, -0.05) is 26.8 Å². The molecule has 1 aromatic carbocycles. The van der Waals surface area contributed by atoms with E-state index in [1.54, 1.807) is 24.3 Å². The molecule has 1 aliphatic heterocycles. The average molecular weight is 370 g/mol. The van der Waals surface area contributed by atoms with Gasteiger partial charge in [-0.25, -0.2) is 0 Å². The zero-order valence-electron chi connectivity index (χ0n) is 15.1. The normalized spacial score (nSPS) is 15.3. The Balaban J connectivity index is 0.00000312. The van der Waals surface area contributed by atoms with Crippen molar-refractivity contribution in [3.63, 3.8) is 0 Å². The molecular weight excluding hydrogens is 342 g/mol. The summed E-state index contributed by atoms with van der Waals surface area (Å²) in [4.78, 5) is 26.0. The minimum Gasteiger partial charge on any atom is -0.484 e. The molecule has 1 fully saturated rings. The van der Waals surface area contributed by atoms with Crippen molar-refractivity contribution in [2.24, 2.45) is 11.1 Å². The maximum atomic E-state index is 12.2. The Kier molecular flexibility index (Phi) is 7.70. The zero-order valence-corrected chi connectivity index (χ0v) is 15.9. The standard InChI is InChI=1S/C18H27N3O3.ClH/c1-18(2,3)16(19)17(23)20-13-7-6-8-14(11-13)24-12-15(22)21-9-4-5-10-21;/h6-8,11,16H,4-5,9-10,12,19H2,1-3H3,(H,20,23);1H/t16-;/m1./s1. The van der Waals surface area contributed by atoms with Gasteiger partial charge in [0.15, 0.2) is 6.61 Å². The van der Waals surface area contributed by atoms with Crippen molar-refractivity contribution in [2.75, 3.05) is 25.0 Å². The Morgan fingerprint density at radius 2 is 1.92 bits per heavy atom. The number of halogens is 1. The number of ether oxygens (including phenoxy) is 1. The van der Waals surface area contributed by atoms with Crippen LogP contribution in [-0.4, -0.2) is 42.5 Å². The van der Waals surface area contributed by atoms with E-state index in [4.69, 9.17) is 10.5 Å². The number of amides is 2. The SMILES string of the molecule is CC(C)(C)[C@H](N)C(=O)Nc1cccc(OCC(=O)N2CCCC2)c1.Cl. The molecule has 0 radical (unpaired) electrons. The molecular formula is C18H28ClN3O3. The van der Waals surface area contributed by atoms with Gasteiger partial charge in [0.05, 0.1) is 6.04 Å². The summed E-state index contributed by atoms with van der Waals surface area (Å²) in [7, 11) is 0. The lowest BCUT2D eigenvalue weighted by Crippen LogP contribution is -2.45. The number of hydrogen-bond acceptors (Lipinski definition) is 4. The minimum atomic E-state index is -0.612. The Labute approximate surface area is 155 Å². The first-order valence-corrected chi connectivity index (χ1v) is 8.34. The molecule has 0 aromatic heterocycles. The lowest BCUT2D eigenvalue weighted by atomic mass is 9.87. The third-order valence-electron chi connectivity index (χ3n) is 4.14. The van der Waals surface area contributed by atoms with E-state index in [1.807, 2.05) is 25.7 Å². The highest BCUT2D eigenvalue weighted by Crippen LogP contribution is 2.21. The van der Waals surface area contributed by atoms with Crippen molar-refractivity contribution in [1.82, 2.24) is 4.90 Å². The Hall–Kier alpha value is -1.79. The van der Waals surface area contributed by atoms with Gasteiger partial charge in [-0.3, -0.25) is 9.59 Å². The third-order valence-corrected chi connectivity index (χ3v) is 4.14. The molecule has 1 heterocycles. The minimum absolute atomic E-state index is 0. The van der Waals surface area contributed by atoms with Gasteiger partial charge < -0.3 is 20.7 Å². The molecule has 1 aromatic rings. The second-order valence-electron chi connectivity index (χ2n) is 7.24. The first kappa shape index (κ1) is 21.3. The highest BCUT2D eigenvalue weighted by molar-refractivity contribution is 5.95. The smallest absolute Gasteiger partial charge is 0.260 e. The summed E-state index contributed by atoms with van der Waals surface area (Å²) in [5.41, 5.74) is 6.24. The fourth-order valence-electron chi connectivity index (χ4n) is 2.48. The van der Waals surface area contributed by atoms with Crippen molar-refractivity contribution >= 4 is 29.9 Å². The van der Waals surface area contributed by atoms with Gasteiger partial charge in [-0.2, -0.15) is 0 Å². The topological polar surface area (TPSA) is 84.7 Å². The van der Waals surface area contributed by atoms with Gasteiger partial charge in [0.1, 0.15) is 5.75 Å². The first-order chi connectivity index (χ1) is 11.3. The maximum Gasteiger partial charge on any atom is 0.260 e. The van der Waals surface area contributed by atoms with Gasteiger partial charge in [0, 0.05) is 24.8 Å². The summed E-state index contributed by atoms with van der Waals surface area (Å²) >= 11 is 0. The summed E-state index contributed by atoms with van der Waals surface area (Å²) in [5.74, 6) is 0.300. The molecule has 1 atom stereocenters. The van der Waals surface area contributed by atoms with Gasteiger partial charge >= 0.3 is 0 Å². The van der Waals surface area contributed by atoms with E-state index in [9.17, 15) is 9.59 Å². The van der Waals surface area contributed by atoms with E-state index in [-0.39, 0.29) is 36.2 Å². The summed E-state index contributed by atoms with van der Waals surface area (Å²) < 4.78 is 5.56. The third kappa shape index (κ3) is 6.21. The van der Waals surface area contributed by atoms with Crippen LogP contribution in [0.1, 0.15) is 33.6 Å². The molecule has 3 N–H and O–H groups in total. The van der Waals surface area contributed by atoms with E-state index in [0.717, 1.165) is 25.9 Å². The highest BCUT2D eigenvalue weighted by atomic mass is 35.5. The van der Waals surface area contributed by atoms with Crippen LogP contribution in [0.15, 0.2) is 24.3 Å². The van der Waals surface area contributed by atoms with Crippen LogP contribution in [-0.2, 0) is 9.59 Å². The number of carbonyl (C=O) groups excluding carboxylic acids is 2. The maximum absolute atomic E-state index is 12.2. The lowest BCUT2D eigenvalue weighted by molar-refractivity contribution is -0.132. The quantitative estimate of drug-likeness (QED) is 0.834. The van der Waals surface area contributed by atoms with E-state index >= 15 is 0 Å². The molecule has 0 bridgehead atoms. The number of nitrogens with zero attached hydrogens (tertiary/aromatic N) is 1. The molecule has 0 aliphatic carbocycles. The molecule has 2 rings (SSSR count). The molecule has 25 heavy (non-hydrogen) atoms. The molecule has 7 heteroatoms. The number of hydrogen-bond donors (Lipinski definition) is 2. The van der Waals surface area contributed by atoms with Crippen LogP contribution in [0, 0.1) is 5.41 Å². The number of nitrogens with one attached hydrogen (secondary N) is 1. The monoisotopic (exact) mass is 369 g/mol. The molecule has 1 aliphatic rings. The summed E-state index contributed by atoms with van der Waals surface area (Å²) in [6, 6.07) is 6.39. The van der Waals surface area contributed by atoms with Crippen molar-refractivity contribution in [1.29, 1.82) is 0 Å². The fraction of sp³-hybridized carbons (Fsp3) is 0.556. The summed E-state index contributed by atoms with van der Waals surface area (Å²) in [6.07, 6.45) is 2.11. The molecule has 0 unspecified atom stereocenters. The summed E-state index contributed by atoms with van der Waals surface area (Å²) in [6.45, 7) is 7.38. The number of rotatable bonds is 5. The second kappa shape index (κ2) is 9.06. The Morgan fingerprint density at radius 3 is 2.52 bits per heavy atom. The van der Waals surface area contributed by atoms with E-state index in [0.29, 0.717) is 11.4 Å². The van der Waals surface area contributed by atoms with Crippen LogP contribution >= 0.6 is 12.4 Å². The number of anilines is 1. The number of carbonyl (C=O) groups is 2. The van der Waals surface area contributed by atoms with E-state index in [2.05, 4.69) is 5.32 Å². The van der Waals surface area contributed by atoms with Crippen LogP contribution in [0.25, 0.3) is 0 Å². The fourth-order valence-corrected chi connectivity index (χ4v) is 2.48. The number of likely N-dealkylation sites (tertiary alicyclic amines) is 1. The van der Waals surface area contributed by atoms with Crippen LogP contribution < -0.4 is 15.8 Å². The molecule has 6 nitrogen and oxygen atoms in total. The van der Waals surface area contributed by atoms with Crippen LogP contribution in [0.4, 0.5) is 5.69 Å². The van der Waals surface area contributed by atoms with Gasteiger partial charge in [-0.15, -0.1) is 12.4 Å². The second-order valence-corrected chi connectivity index (χ2v) is 7.24. The molecule has 2 amide bonds. The molecule has 0 spiro atoms. The lowest BCUT2D eigenvalue weighted by Gasteiger charge is -2.25. The first-order valence-electron chi connectivity index (χ1n) is 8.34. The van der Waals surface area contributed by atoms with Crippen molar-refractivity contribution in [2.45, 2.75) is 39.7 Å². The molecule has 0 saturated carbocycles. The van der Waals surface area contributed by atoms with Crippen molar-refractivity contribution < 1.29 is 14.3 Å². The van der Waals surface area contributed by atoms with Crippen molar-refractivity contribution in [3.8, 4) is 5.75 Å². The van der Waals surface area contributed by atoms with Crippen LogP contribution in [0.5, 0.6) is 5.75 Å². The highest BCUT2D eigenvalue weighted by Gasteiger charge is 2.27. The predicted octanol–water partition coefficient (Wildman–Crippen LogP) is 2.42. The van der Waals surface area contributed by atoms with E-state index in [1.165, 1.54) is 0 Å². The van der Waals surface area contributed by atoms with Gasteiger partial charge in [-0.05, 0) is 30.4 Å².